The van der Waals surface area contributed by atoms with Crippen molar-refractivity contribution in [1.29, 1.82) is 0 Å². The molecule has 1 aromatic carbocycles. The standard InChI is InChI=1S/C14H17NO3/c1-2-6-13(10-16)15-9-14(17)18-11-12-7-4-3-5-8-12/h2-5,7-8,10,13,15H,1,6,9,11H2. The Kier molecular flexibility index (Phi) is 6.43. The van der Waals surface area contributed by atoms with Crippen LogP contribution in [0.2, 0.25) is 0 Å². The van der Waals surface area contributed by atoms with Gasteiger partial charge in [0.05, 0.1) is 12.6 Å². The minimum atomic E-state index is -0.383. The molecule has 1 unspecified atom stereocenters. The molecule has 0 bridgehead atoms. The van der Waals surface area contributed by atoms with E-state index in [4.69, 9.17) is 4.74 Å². The van der Waals surface area contributed by atoms with Gasteiger partial charge in [0.25, 0.3) is 0 Å². The number of esters is 1. The topological polar surface area (TPSA) is 55.4 Å². The quantitative estimate of drug-likeness (QED) is 0.429. The third-order valence-corrected chi connectivity index (χ3v) is 2.34. The average Bonchev–Trinajstić information content (AvgIpc) is 2.42. The first-order valence-electron chi connectivity index (χ1n) is 5.75. The molecule has 96 valence electrons. The molecule has 1 N–H and O–H groups in total. The molecule has 0 heterocycles. The van der Waals surface area contributed by atoms with E-state index in [1.54, 1.807) is 6.08 Å². The van der Waals surface area contributed by atoms with Crippen LogP contribution in [-0.4, -0.2) is 24.8 Å². The minimum absolute atomic E-state index is 0.0179. The molecule has 1 atom stereocenters. The number of carbonyl (C=O) groups excluding carboxylic acids is 2. The van der Waals surface area contributed by atoms with Gasteiger partial charge in [0.1, 0.15) is 12.9 Å². The predicted molar refractivity (Wildman–Crippen MR) is 68.9 cm³/mol. The molecule has 0 saturated carbocycles. The first kappa shape index (κ1) is 14.1. The predicted octanol–water partition coefficient (Wildman–Crippen LogP) is 1.46. The summed E-state index contributed by atoms with van der Waals surface area (Å²) < 4.78 is 5.06. The Morgan fingerprint density at radius 2 is 2.11 bits per heavy atom. The first-order valence-corrected chi connectivity index (χ1v) is 5.75. The van der Waals surface area contributed by atoms with Crippen LogP contribution in [0.5, 0.6) is 0 Å². The van der Waals surface area contributed by atoms with Crippen molar-refractivity contribution < 1.29 is 14.3 Å². The van der Waals surface area contributed by atoms with Gasteiger partial charge >= 0.3 is 5.97 Å². The SMILES string of the molecule is C=CCC(C=O)NCC(=O)OCc1ccccc1. The molecule has 0 aliphatic heterocycles. The summed E-state index contributed by atoms with van der Waals surface area (Å²) in [6, 6.07) is 9.05. The highest BCUT2D eigenvalue weighted by Gasteiger charge is 2.08. The summed E-state index contributed by atoms with van der Waals surface area (Å²) in [5.74, 6) is -0.380. The minimum Gasteiger partial charge on any atom is -0.460 e. The molecule has 0 amide bonds. The van der Waals surface area contributed by atoms with Crippen LogP contribution < -0.4 is 5.32 Å². The third kappa shape index (κ3) is 5.41. The van der Waals surface area contributed by atoms with Gasteiger partial charge in [-0.25, -0.2) is 0 Å². The molecular weight excluding hydrogens is 230 g/mol. The van der Waals surface area contributed by atoms with E-state index in [2.05, 4.69) is 11.9 Å². The smallest absolute Gasteiger partial charge is 0.320 e. The summed E-state index contributed by atoms with van der Waals surface area (Å²) >= 11 is 0. The van der Waals surface area contributed by atoms with Crippen LogP contribution >= 0.6 is 0 Å². The van der Waals surface area contributed by atoms with Gasteiger partial charge in [0.15, 0.2) is 0 Å². The first-order chi connectivity index (χ1) is 8.76. The maximum absolute atomic E-state index is 11.4. The van der Waals surface area contributed by atoms with Gasteiger partial charge in [-0.3, -0.25) is 10.1 Å². The second-order valence-electron chi connectivity index (χ2n) is 3.79. The lowest BCUT2D eigenvalue weighted by Crippen LogP contribution is -2.35. The maximum Gasteiger partial charge on any atom is 0.320 e. The molecule has 0 fully saturated rings. The van der Waals surface area contributed by atoms with Crippen molar-refractivity contribution in [3.05, 3.63) is 48.6 Å². The van der Waals surface area contributed by atoms with Crippen molar-refractivity contribution in [1.82, 2.24) is 5.32 Å². The number of hydrogen-bond donors (Lipinski definition) is 1. The Balaban J connectivity index is 2.25. The Morgan fingerprint density at radius 1 is 1.39 bits per heavy atom. The molecule has 0 radical (unpaired) electrons. The monoisotopic (exact) mass is 247 g/mol. The average molecular weight is 247 g/mol. The van der Waals surface area contributed by atoms with Crippen molar-refractivity contribution in [3.8, 4) is 0 Å². The third-order valence-electron chi connectivity index (χ3n) is 2.34. The number of nitrogens with one attached hydrogen (secondary N) is 1. The fraction of sp³-hybridized carbons (Fsp3) is 0.286. The van der Waals surface area contributed by atoms with Crippen molar-refractivity contribution >= 4 is 12.3 Å². The molecule has 0 saturated heterocycles. The van der Waals surface area contributed by atoms with E-state index >= 15 is 0 Å². The highest BCUT2D eigenvalue weighted by molar-refractivity contribution is 5.72. The van der Waals surface area contributed by atoms with Crippen molar-refractivity contribution in [2.45, 2.75) is 19.1 Å². The van der Waals surface area contributed by atoms with Crippen molar-refractivity contribution in [2.75, 3.05) is 6.54 Å². The Bertz CT molecular complexity index is 389. The van der Waals surface area contributed by atoms with Crippen molar-refractivity contribution in [3.63, 3.8) is 0 Å². The Labute approximate surface area is 107 Å². The van der Waals surface area contributed by atoms with Gasteiger partial charge in [0, 0.05) is 0 Å². The van der Waals surface area contributed by atoms with Crippen LogP contribution in [0.3, 0.4) is 0 Å². The summed E-state index contributed by atoms with van der Waals surface area (Å²) in [5.41, 5.74) is 0.934. The fourth-order valence-electron chi connectivity index (χ4n) is 1.37. The largest absolute Gasteiger partial charge is 0.460 e. The number of ether oxygens (including phenoxy) is 1. The molecule has 0 aliphatic carbocycles. The van der Waals surface area contributed by atoms with Crippen LogP contribution in [-0.2, 0) is 20.9 Å². The summed E-state index contributed by atoms with van der Waals surface area (Å²) in [7, 11) is 0. The lowest BCUT2D eigenvalue weighted by molar-refractivity contribution is -0.144. The van der Waals surface area contributed by atoms with Crippen LogP contribution in [0.4, 0.5) is 0 Å². The van der Waals surface area contributed by atoms with Gasteiger partial charge < -0.3 is 9.53 Å². The summed E-state index contributed by atoms with van der Waals surface area (Å²) in [4.78, 5) is 22.0. The number of carbonyl (C=O) groups is 2. The summed E-state index contributed by atoms with van der Waals surface area (Å²) in [6.45, 7) is 3.80. The molecule has 1 rings (SSSR count). The zero-order valence-corrected chi connectivity index (χ0v) is 10.2. The zero-order valence-electron chi connectivity index (χ0n) is 10.2. The van der Waals surface area contributed by atoms with E-state index in [0.29, 0.717) is 6.42 Å². The molecule has 4 nitrogen and oxygen atoms in total. The molecular formula is C14H17NO3. The summed E-state index contributed by atoms with van der Waals surface area (Å²) in [6.07, 6.45) is 2.88. The lowest BCUT2D eigenvalue weighted by Gasteiger charge is -2.10. The Hall–Kier alpha value is -1.94. The fourth-order valence-corrected chi connectivity index (χ4v) is 1.37. The van der Waals surface area contributed by atoms with Crippen molar-refractivity contribution in [2.24, 2.45) is 0 Å². The highest BCUT2D eigenvalue weighted by Crippen LogP contribution is 2.00. The van der Waals surface area contributed by atoms with Crippen LogP contribution in [0.1, 0.15) is 12.0 Å². The highest BCUT2D eigenvalue weighted by atomic mass is 16.5. The van der Waals surface area contributed by atoms with E-state index in [0.717, 1.165) is 11.8 Å². The molecule has 0 spiro atoms. The van der Waals surface area contributed by atoms with E-state index in [1.165, 1.54) is 0 Å². The van der Waals surface area contributed by atoms with E-state index in [9.17, 15) is 9.59 Å². The molecule has 1 aromatic rings. The van der Waals surface area contributed by atoms with Crippen LogP contribution in [0.15, 0.2) is 43.0 Å². The van der Waals surface area contributed by atoms with Gasteiger partial charge in [-0.1, -0.05) is 36.4 Å². The Morgan fingerprint density at radius 3 is 2.72 bits per heavy atom. The number of benzene rings is 1. The van der Waals surface area contributed by atoms with E-state index < -0.39 is 0 Å². The number of hydrogen-bond acceptors (Lipinski definition) is 4. The van der Waals surface area contributed by atoms with Gasteiger partial charge in [-0.2, -0.15) is 0 Å². The van der Waals surface area contributed by atoms with E-state index in [1.807, 2.05) is 30.3 Å². The second-order valence-corrected chi connectivity index (χ2v) is 3.79. The number of aldehydes is 1. The number of rotatable bonds is 8. The van der Waals surface area contributed by atoms with Crippen LogP contribution in [0.25, 0.3) is 0 Å². The van der Waals surface area contributed by atoms with Gasteiger partial charge in [-0.15, -0.1) is 6.58 Å². The second kappa shape index (κ2) is 8.20. The normalized spacial score (nSPS) is 11.6. The van der Waals surface area contributed by atoms with E-state index in [-0.39, 0.29) is 25.2 Å². The molecule has 0 aliphatic rings. The molecule has 18 heavy (non-hydrogen) atoms. The van der Waals surface area contributed by atoms with Gasteiger partial charge in [0.2, 0.25) is 0 Å². The summed E-state index contributed by atoms with van der Waals surface area (Å²) in [5, 5.41) is 2.79. The molecule has 4 heteroatoms. The van der Waals surface area contributed by atoms with Gasteiger partial charge in [-0.05, 0) is 12.0 Å². The maximum atomic E-state index is 11.4. The lowest BCUT2D eigenvalue weighted by atomic mass is 10.2. The zero-order chi connectivity index (χ0) is 13.2. The molecule has 0 aromatic heterocycles. The van der Waals surface area contributed by atoms with Crippen LogP contribution in [0, 0.1) is 0 Å².